The summed E-state index contributed by atoms with van der Waals surface area (Å²) >= 11 is 0. The summed E-state index contributed by atoms with van der Waals surface area (Å²) in [5, 5.41) is 0. The maximum atomic E-state index is 5.97. The van der Waals surface area contributed by atoms with Crippen LogP contribution >= 0.6 is 0 Å². The van der Waals surface area contributed by atoms with Gasteiger partial charge < -0.3 is 9.47 Å². The minimum Gasteiger partial charge on any atom is -0.348 e. The fraction of sp³-hybridized carbons (Fsp3) is 1.00. The van der Waals surface area contributed by atoms with Gasteiger partial charge >= 0.3 is 0 Å². The molecule has 134 valence electrons. The van der Waals surface area contributed by atoms with Gasteiger partial charge in [-0.05, 0) is 58.5 Å². The molecule has 2 saturated heterocycles. The quantitative estimate of drug-likeness (QED) is 0.736. The molecule has 2 fully saturated rings. The van der Waals surface area contributed by atoms with E-state index in [9.17, 15) is 0 Å². The molecule has 0 radical (unpaired) electrons. The van der Waals surface area contributed by atoms with Crippen LogP contribution in [-0.2, 0) is 9.47 Å². The molecule has 2 unspecified atom stereocenters. The molecule has 3 nitrogen and oxygen atoms in total. The highest BCUT2D eigenvalue weighted by Gasteiger charge is 2.38. The largest absolute Gasteiger partial charge is 0.348 e. The van der Waals surface area contributed by atoms with Gasteiger partial charge in [-0.25, -0.2) is 0 Å². The Morgan fingerprint density at radius 3 is 1.82 bits per heavy atom. The molecule has 0 spiro atoms. The zero-order chi connectivity index (χ0) is 17.3. The Morgan fingerprint density at radius 2 is 1.45 bits per heavy atom. The van der Waals surface area contributed by atoms with Crippen molar-refractivity contribution in [3.8, 4) is 0 Å². The van der Waals surface area contributed by atoms with Gasteiger partial charge in [0, 0.05) is 6.04 Å². The molecule has 2 heterocycles. The number of rotatable bonds is 3. The molecule has 0 aromatic carbocycles. The summed E-state index contributed by atoms with van der Waals surface area (Å²) < 4.78 is 11.6. The van der Waals surface area contributed by atoms with Crippen LogP contribution in [0.25, 0.3) is 0 Å². The maximum absolute atomic E-state index is 5.97. The SMILES string of the molecule is CC.CC.CC(C)C1CCN(C(C)C2COC(C)(C)O2)CC1. The fourth-order valence-corrected chi connectivity index (χ4v) is 3.18. The summed E-state index contributed by atoms with van der Waals surface area (Å²) in [6.07, 6.45) is 2.90. The molecule has 2 aliphatic heterocycles. The molecule has 0 saturated carbocycles. The van der Waals surface area contributed by atoms with Crippen molar-refractivity contribution in [1.82, 2.24) is 4.90 Å². The number of likely N-dealkylation sites (tertiary alicyclic amines) is 1. The Kier molecular flexibility index (Phi) is 10.6. The lowest BCUT2D eigenvalue weighted by atomic mass is 9.86. The fourth-order valence-electron chi connectivity index (χ4n) is 3.18. The van der Waals surface area contributed by atoms with E-state index in [4.69, 9.17) is 9.47 Å². The normalized spacial score (nSPS) is 26.7. The molecule has 0 aromatic rings. The third kappa shape index (κ3) is 6.55. The number of piperidine rings is 1. The van der Waals surface area contributed by atoms with Gasteiger partial charge in [-0.15, -0.1) is 0 Å². The zero-order valence-corrected chi connectivity index (χ0v) is 16.6. The lowest BCUT2D eigenvalue weighted by molar-refractivity contribution is -0.146. The second-order valence-electron chi connectivity index (χ2n) is 6.73. The minimum absolute atomic E-state index is 0.232. The highest BCUT2D eigenvalue weighted by atomic mass is 16.7. The van der Waals surface area contributed by atoms with Gasteiger partial charge in [0.1, 0.15) is 0 Å². The summed E-state index contributed by atoms with van der Waals surface area (Å²) in [5.74, 6) is 1.34. The molecule has 0 amide bonds. The van der Waals surface area contributed by atoms with Crippen molar-refractivity contribution in [2.24, 2.45) is 11.8 Å². The third-order valence-electron chi connectivity index (χ3n) is 4.66. The predicted octanol–water partition coefficient (Wildman–Crippen LogP) is 4.95. The second-order valence-corrected chi connectivity index (χ2v) is 6.73. The van der Waals surface area contributed by atoms with Crippen LogP contribution in [-0.4, -0.2) is 42.5 Å². The molecular weight excluding hydrogens is 274 g/mol. The summed E-state index contributed by atoms with van der Waals surface area (Å²) in [6.45, 7) is 22.1. The molecule has 2 rings (SSSR count). The predicted molar refractivity (Wildman–Crippen MR) is 96.2 cm³/mol. The van der Waals surface area contributed by atoms with E-state index in [1.54, 1.807) is 0 Å². The van der Waals surface area contributed by atoms with Crippen molar-refractivity contribution in [2.75, 3.05) is 19.7 Å². The van der Waals surface area contributed by atoms with E-state index in [2.05, 4.69) is 25.7 Å². The van der Waals surface area contributed by atoms with E-state index >= 15 is 0 Å². The second kappa shape index (κ2) is 10.6. The highest BCUT2D eigenvalue weighted by Crippen LogP contribution is 2.30. The Hall–Kier alpha value is -0.120. The average molecular weight is 316 g/mol. The first kappa shape index (κ1) is 21.9. The van der Waals surface area contributed by atoms with Gasteiger partial charge in [0.2, 0.25) is 0 Å². The number of hydrogen-bond donors (Lipinski definition) is 0. The molecular formula is C19H41NO2. The van der Waals surface area contributed by atoms with Crippen LogP contribution in [0, 0.1) is 11.8 Å². The van der Waals surface area contributed by atoms with E-state index in [1.807, 2.05) is 41.5 Å². The van der Waals surface area contributed by atoms with Crippen molar-refractivity contribution < 1.29 is 9.47 Å². The van der Waals surface area contributed by atoms with Crippen LogP contribution in [0.3, 0.4) is 0 Å². The van der Waals surface area contributed by atoms with Crippen molar-refractivity contribution >= 4 is 0 Å². The number of hydrogen-bond acceptors (Lipinski definition) is 3. The van der Waals surface area contributed by atoms with Gasteiger partial charge in [0.05, 0.1) is 12.7 Å². The Morgan fingerprint density at radius 1 is 0.955 bits per heavy atom. The molecule has 0 aliphatic carbocycles. The molecule has 3 heteroatoms. The first-order valence-electron chi connectivity index (χ1n) is 9.45. The molecule has 22 heavy (non-hydrogen) atoms. The van der Waals surface area contributed by atoms with E-state index in [1.165, 1.54) is 25.9 Å². The van der Waals surface area contributed by atoms with Crippen LogP contribution in [0.1, 0.15) is 75.2 Å². The van der Waals surface area contributed by atoms with Crippen molar-refractivity contribution in [3.63, 3.8) is 0 Å². The Balaban J connectivity index is 0.00000102. The maximum Gasteiger partial charge on any atom is 0.163 e. The number of nitrogens with zero attached hydrogens (tertiary/aromatic N) is 1. The summed E-state index contributed by atoms with van der Waals surface area (Å²) in [6, 6.07) is 0.472. The molecule has 0 N–H and O–H groups in total. The monoisotopic (exact) mass is 315 g/mol. The lowest BCUT2D eigenvalue weighted by Gasteiger charge is -2.39. The third-order valence-corrected chi connectivity index (χ3v) is 4.66. The Labute approximate surface area is 139 Å². The van der Waals surface area contributed by atoms with Crippen LogP contribution in [0.15, 0.2) is 0 Å². The first-order valence-corrected chi connectivity index (χ1v) is 9.45. The van der Waals surface area contributed by atoms with E-state index in [-0.39, 0.29) is 6.10 Å². The number of ether oxygens (including phenoxy) is 2. The van der Waals surface area contributed by atoms with Crippen LogP contribution in [0.5, 0.6) is 0 Å². The van der Waals surface area contributed by atoms with Crippen LogP contribution in [0.2, 0.25) is 0 Å². The van der Waals surface area contributed by atoms with Gasteiger partial charge in [-0.1, -0.05) is 41.5 Å². The van der Waals surface area contributed by atoms with Gasteiger partial charge in [0.25, 0.3) is 0 Å². The average Bonchev–Trinajstić information content (AvgIpc) is 2.90. The van der Waals surface area contributed by atoms with Crippen molar-refractivity contribution in [1.29, 1.82) is 0 Å². The summed E-state index contributed by atoms with van der Waals surface area (Å²) in [5.41, 5.74) is 0. The molecule has 2 atom stereocenters. The van der Waals surface area contributed by atoms with E-state index in [0.717, 1.165) is 18.4 Å². The lowest BCUT2D eigenvalue weighted by Crippen LogP contribution is -2.47. The summed E-state index contributed by atoms with van der Waals surface area (Å²) in [7, 11) is 0. The molecule has 0 bridgehead atoms. The Bertz CT molecular complexity index is 271. The van der Waals surface area contributed by atoms with Gasteiger partial charge in [-0.2, -0.15) is 0 Å². The topological polar surface area (TPSA) is 21.7 Å². The smallest absolute Gasteiger partial charge is 0.163 e. The van der Waals surface area contributed by atoms with Gasteiger partial charge in [-0.3, -0.25) is 4.90 Å². The standard InChI is InChI=1S/C15H29NO2.2C2H6/c1-11(2)13-6-8-16(9-7-13)12(3)14-10-17-15(4,5)18-14;2*1-2/h11-14H,6-10H2,1-5H3;2*1-2H3. The van der Waals surface area contributed by atoms with E-state index < -0.39 is 5.79 Å². The highest BCUT2D eigenvalue weighted by molar-refractivity contribution is 4.85. The first-order chi connectivity index (χ1) is 10.4. The summed E-state index contributed by atoms with van der Waals surface area (Å²) in [4.78, 5) is 2.58. The van der Waals surface area contributed by atoms with Crippen molar-refractivity contribution in [2.45, 2.75) is 93.1 Å². The van der Waals surface area contributed by atoms with Gasteiger partial charge in [0.15, 0.2) is 5.79 Å². The zero-order valence-electron chi connectivity index (χ0n) is 16.6. The molecule has 2 aliphatic rings. The van der Waals surface area contributed by atoms with Crippen LogP contribution in [0.4, 0.5) is 0 Å². The van der Waals surface area contributed by atoms with Crippen molar-refractivity contribution in [3.05, 3.63) is 0 Å². The van der Waals surface area contributed by atoms with E-state index in [0.29, 0.717) is 6.04 Å². The van der Waals surface area contributed by atoms with Crippen LogP contribution < -0.4 is 0 Å². The molecule has 0 aromatic heterocycles. The minimum atomic E-state index is -0.394.